The summed E-state index contributed by atoms with van der Waals surface area (Å²) in [6.07, 6.45) is 0.819. The summed E-state index contributed by atoms with van der Waals surface area (Å²) in [4.78, 5) is 38.5. The van der Waals surface area contributed by atoms with Crippen molar-refractivity contribution in [1.82, 2.24) is 4.90 Å². The Labute approximate surface area is 130 Å². The van der Waals surface area contributed by atoms with Crippen molar-refractivity contribution in [2.45, 2.75) is 32.7 Å². The van der Waals surface area contributed by atoms with Gasteiger partial charge >= 0.3 is 5.97 Å². The molecule has 1 amide bonds. The van der Waals surface area contributed by atoms with E-state index in [0.29, 0.717) is 24.9 Å². The first-order valence-electron chi connectivity index (χ1n) is 7.66. The number of hydrogen-bond acceptors (Lipinski definition) is 4. The maximum atomic E-state index is 12.6. The van der Waals surface area contributed by atoms with Gasteiger partial charge in [0.05, 0.1) is 12.6 Å². The first-order chi connectivity index (χ1) is 10.6. The molecule has 0 saturated carbocycles. The average Bonchev–Trinajstić information content (AvgIpc) is 2.54. The third-order valence-corrected chi connectivity index (χ3v) is 3.95. The Morgan fingerprint density at radius 3 is 2.50 bits per heavy atom. The minimum Gasteiger partial charge on any atom is -0.465 e. The quantitative estimate of drug-likeness (QED) is 0.631. The third-order valence-electron chi connectivity index (χ3n) is 3.95. The van der Waals surface area contributed by atoms with E-state index in [1.54, 1.807) is 36.1 Å². The molecule has 0 unspecified atom stereocenters. The topological polar surface area (TPSA) is 63.7 Å². The highest BCUT2D eigenvalue weighted by Gasteiger charge is 2.41. The fourth-order valence-corrected chi connectivity index (χ4v) is 2.84. The molecule has 118 valence electrons. The summed E-state index contributed by atoms with van der Waals surface area (Å²) in [5.41, 5.74) is 0.559. The van der Waals surface area contributed by atoms with Crippen LogP contribution < -0.4 is 0 Å². The number of esters is 1. The van der Waals surface area contributed by atoms with Gasteiger partial charge in [0.15, 0.2) is 5.78 Å². The van der Waals surface area contributed by atoms with Crippen molar-refractivity contribution in [3.05, 3.63) is 35.9 Å². The molecular weight excluding hydrogens is 282 g/mol. The summed E-state index contributed by atoms with van der Waals surface area (Å²) in [6, 6.07) is 8.33. The van der Waals surface area contributed by atoms with Crippen LogP contribution in [0.4, 0.5) is 0 Å². The van der Waals surface area contributed by atoms with Gasteiger partial charge in [0.2, 0.25) is 0 Å². The number of hydrogen-bond donors (Lipinski definition) is 0. The second kappa shape index (κ2) is 7.20. The van der Waals surface area contributed by atoms with Crippen molar-refractivity contribution in [3.63, 3.8) is 0 Å². The van der Waals surface area contributed by atoms with E-state index in [4.69, 9.17) is 4.74 Å². The van der Waals surface area contributed by atoms with Crippen LogP contribution in [0, 0.1) is 5.92 Å². The molecule has 1 fully saturated rings. The van der Waals surface area contributed by atoms with Gasteiger partial charge in [-0.05, 0) is 31.9 Å². The molecule has 1 aromatic rings. The predicted octanol–water partition coefficient (Wildman–Crippen LogP) is 2.06. The molecule has 1 saturated heterocycles. The fraction of sp³-hybridized carbons (Fsp3) is 0.471. The van der Waals surface area contributed by atoms with E-state index in [0.717, 1.165) is 0 Å². The first-order valence-corrected chi connectivity index (χ1v) is 7.66. The number of likely N-dealkylation sites (tertiary alicyclic amines) is 1. The number of ether oxygens (including phenoxy) is 1. The molecule has 1 aliphatic rings. The van der Waals surface area contributed by atoms with Gasteiger partial charge in [-0.1, -0.05) is 25.1 Å². The van der Waals surface area contributed by atoms with Crippen molar-refractivity contribution in [3.8, 4) is 0 Å². The molecule has 0 N–H and O–H groups in total. The zero-order chi connectivity index (χ0) is 16.1. The summed E-state index contributed by atoms with van der Waals surface area (Å²) >= 11 is 0. The molecule has 5 heteroatoms. The summed E-state index contributed by atoms with van der Waals surface area (Å²) in [7, 11) is 0. The smallest absolute Gasteiger partial charge is 0.316 e. The largest absolute Gasteiger partial charge is 0.465 e. The Bertz CT molecular complexity index is 555. The van der Waals surface area contributed by atoms with E-state index in [2.05, 4.69) is 0 Å². The standard InChI is InChI=1S/C17H21NO4/c1-3-14-15(19)13(17(21)22-4-2)10-11-18(14)16(20)12-8-6-5-7-9-12/h5-9,13-14H,3-4,10-11H2,1-2H3/t13-,14+/m0/s1. The molecule has 2 rings (SSSR count). The Morgan fingerprint density at radius 2 is 1.91 bits per heavy atom. The minimum absolute atomic E-state index is 0.164. The Balaban J connectivity index is 2.17. The number of carbonyl (C=O) groups is 3. The van der Waals surface area contributed by atoms with Gasteiger partial charge < -0.3 is 9.64 Å². The van der Waals surface area contributed by atoms with Gasteiger partial charge in [-0.2, -0.15) is 0 Å². The number of nitrogens with zero attached hydrogens (tertiary/aromatic N) is 1. The highest BCUT2D eigenvalue weighted by molar-refractivity contribution is 6.05. The van der Waals surface area contributed by atoms with E-state index in [-0.39, 0.29) is 18.3 Å². The molecule has 1 aromatic carbocycles. The average molecular weight is 303 g/mol. The highest BCUT2D eigenvalue weighted by atomic mass is 16.5. The Morgan fingerprint density at radius 1 is 1.23 bits per heavy atom. The van der Waals surface area contributed by atoms with Crippen molar-refractivity contribution < 1.29 is 19.1 Å². The lowest BCUT2D eigenvalue weighted by Crippen LogP contribution is -2.53. The van der Waals surface area contributed by atoms with Gasteiger partial charge in [-0.15, -0.1) is 0 Å². The van der Waals surface area contributed by atoms with Crippen LogP contribution in [0.1, 0.15) is 37.0 Å². The van der Waals surface area contributed by atoms with Crippen LogP contribution in [0.3, 0.4) is 0 Å². The first kappa shape index (κ1) is 16.2. The minimum atomic E-state index is -0.746. The van der Waals surface area contributed by atoms with E-state index in [1.807, 2.05) is 13.0 Å². The van der Waals surface area contributed by atoms with Crippen molar-refractivity contribution in [2.24, 2.45) is 5.92 Å². The molecule has 5 nitrogen and oxygen atoms in total. The highest BCUT2D eigenvalue weighted by Crippen LogP contribution is 2.24. The van der Waals surface area contributed by atoms with Crippen LogP contribution in [0.2, 0.25) is 0 Å². The van der Waals surface area contributed by atoms with E-state index in [1.165, 1.54) is 0 Å². The van der Waals surface area contributed by atoms with Gasteiger partial charge in [-0.25, -0.2) is 0 Å². The Kier molecular flexibility index (Phi) is 5.31. The lowest BCUT2D eigenvalue weighted by molar-refractivity contribution is -0.155. The summed E-state index contributed by atoms with van der Waals surface area (Å²) in [5.74, 6) is -1.60. The second-order valence-corrected chi connectivity index (χ2v) is 5.28. The molecule has 0 bridgehead atoms. The predicted molar refractivity (Wildman–Crippen MR) is 81.3 cm³/mol. The summed E-state index contributed by atoms with van der Waals surface area (Å²) in [5, 5.41) is 0. The zero-order valence-corrected chi connectivity index (χ0v) is 13.0. The second-order valence-electron chi connectivity index (χ2n) is 5.28. The zero-order valence-electron chi connectivity index (χ0n) is 13.0. The van der Waals surface area contributed by atoms with Gasteiger partial charge in [0, 0.05) is 12.1 Å². The van der Waals surface area contributed by atoms with Gasteiger partial charge in [0.1, 0.15) is 5.92 Å². The lowest BCUT2D eigenvalue weighted by Gasteiger charge is -2.37. The van der Waals surface area contributed by atoms with E-state index < -0.39 is 17.9 Å². The van der Waals surface area contributed by atoms with Crippen LogP contribution in [0.15, 0.2) is 30.3 Å². The molecule has 22 heavy (non-hydrogen) atoms. The Hall–Kier alpha value is -2.17. The molecule has 0 aromatic heterocycles. The van der Waals surface area contributed by atoms with Crippen molar-refractivity contribution >= 4 is 17.7 Å². The number of rotatable bonds is 4. The molecule has 0 aliphatic carbocycles. The van der Waals surface area contributed by atoms with Crippen LogP contribution in [-0.2, 0) is 14.3 Å². The monoisotopic (exact) mass is 303 g/mol. The number of carbonyl (C=O) groups excluding carboxylic acids is 3. The van der Waals surface area contributed by atoms with E-state index >= 15 is 0 Å². The van der Waals surface area contributed by atoms with Crippen LogP contribution >= 0.6 is 0 Å². The molecule has 1 heterocycles. The van der Waals surface area contributed by atoms with Gasteiger partial charge in [0.25, 0.3) is 5.91 Å². The molecule has 1 aliphatic heterocycles. The molecule has 0 spiro atoms. The lowest BCUT2D eigenvalue weighted by atomic mass is 9.87. The van der Waals surface area contributed by atoms with Gasteiger partial charge in [-0.3, -0.25) is 14.4 Å². The van der Waals surface area contributed by atoms with E-state index in [9.17, 15) is 14.4 Å². The number of amides is 1. The number of Topliss-reactive ketones (excluding diaryl/α,β-unsaturated/α-hetero) is 1. The molecule has 2 atom stereocenters. The van der Waals surface area contributed by atoms with Crippen LogP contribution in [0.25, 0.3) is 0 Å². The molecular formula is C17H21NO4. The molecule has 0 radical (unpaired) electrons. The maximum absolute atomic E-state index is 12.6. The summed E-state index contributed by atoms with van der Waals surface area (Å²) < 4.78 is 4.96. The fourth-order valence-electron chi connectivity index (χ4n) is 2.84. The number of benzene rings is 1. The maximum Gasteiger partial charge on any atom is 0.316 e. The van der Waals surface area contributed by atoms with Crippen molar-refractivity contribution in [2.75, 3.05) is 13.2 Å². The van der Waals surface area contributed by atoms with Crippen LogP contribution in [-0.4, -0.2) is 41.8 Å². The number of piperidine rings is 1. The normalized spacial score (nSPS) is 21.5. The third kappa shape index (κ3) is 3.18. The van der Waals surface area contributed by atoms with Crippen LogP contribution in [0.5, 0.6) is 0 Å². The SMILES string of the molecule is CCOC(=O)[C@H]1CCN(C(=O)c2ccccc2)[C@H](CC)C1=O. The number of ketones is 1. The van der Waals surface area contributed by atoms with Crippen molar-refractivity contribution in [1.29, 1.82) is 0 Å². The summed E-state index contributed by atoms with van der Waals surface area (Å²) in [6.45, 7) is 4.21.